The van der Waals surface area contributed by atoms with E-state index >= 15 is 0 Å². The highest BCUT2D eigenvalue weighted by molar-refractivity contribution is 5.99. The molecule has 1 saturated heterocycles. The summed E-state index contributed by atoms with van der Waals surface area (Å²) in [5.74, 6) is -1.17. The van der Waals surface area contributed by atoms with Crippen molar-refractivity contribution < 1.29 is 19.1 Å². The van der Waals surface area contributed by atoms with E-state index in [2.05, 4.69) is 5.32 Å². The van der Waals surface area contributed by atoms with Gasteiger partial charge >= 0.3 is 5.97 Å². The topological polar surface area (TPSA) is 75.7 Å². The van der Waals surface area contributed by atoms with Crippen LogP contribution in [0.4, 0.5) is 0 Å². The third-order valence-corrected chi connectivity index (χ3v) is 5.24. The summed E-state index contributed by atoms with van der Waals surface area (Å²) in [6, 6.07) is 13.4. The van der Waals surface area contributed by atoms with E-state index in [4.69, 9.17) is 4.74 Å². The number of esters is 1. The van der Waals surface area contributed by atoms with Crippen molar-refractivity contribution in [1.29, 1.82) is 0 Å². The third kappa shape index (κ3) is 4.68. The van der Waals surface area contributed by atoms with Crippen molar-refractivity contribution in [1.82, 2.24) is 10.2 Å². The van der Waals surface area contributed by atoms with Gasteiger partial charge in [0.15, 0.2) is 6.61 Å². The van der Waals surface area contributed by atoms with Gasteiger partial charge in [-0.05, 0) is 56.0 Å². The summed E-state index contributed by atoms with van der Waals surface area (Å²) in [5.41, 5.74) is 0.471. The Morgan fingerprint density at radius 3 is 2.43 bits per heavy atom. The second-order valence-corrected chi connectivity index (χ2v) is 7.34. The van der Waals surface area contributed by atoms with Crippen molar-refractivity contribution in [2.24, 2.45) is 0 Å². The number of hydrogen-bond donors (Lipinski definition) is 1. The van der Waals surface area contributed by atoms with Crippen LogP contribution in [0.3, 0.4) is 0 Å². The summed E-state index contributed by atoms with van der Waals surface area (Å²) >= 11 is 0. The van der Waals surface area contributed by atoms with Crippen LogP contribution in [0.25, 0.3) is 10.8 Å². The Kier molecular flexibility index (Phi) is 6.29. The average molecular weight is 382 g/mol. The first-order chi connectivity index (χ1) is 13.5. The Morgan fingerprint density at radius 1 is 1.04 bits per heavy atom. The molecule has 0 saturated carbocycles. The second kappa shape index (κ2) is 8.87. The highest BCUT2D eigenvalue weighted by Gasteiger charge is 2.29. The number of carbonyl (C=O) groups excluding carboxylic acids is 3. The van der Waals surface area contributed by atoms with E-state index in [1.807, 2.05) is 44.2 Å². The van der Waals surface area contributed by atoms with Crippen LogP contribution in [0.2, 0.25) is 0 Å². The first kappa shape index (κ1) is 19.9. The quantitative estimate of drug-likeness (QED) is 0.807. The lowest BCUT2D eigenvalue weighted by Crippen LogP contribution is -2.49. The lowest BCUT2D eigenvalue weighted by molar-refractivity contribution is -0.154. The SMILES string of the molecule is C[C@H]1CCC[C@H](C)N1C(=O)COC(=O)CNC(=O)c1ccc2ccccc2c1. The lowest BCUT2D eigenvalue weighted by atomic mass is 9.97. The van der Waals surface area contributed by atoms with Crippen LogP contribution in [-0.4, -0.2) is 47.9 Å². The van der Waals surface area contributed by atoms with Gasteiger partial charge in [0.1, 0.15) is 6.54 Å². The van der Waals surface area contributed by atoms with Gasteiger partial charge in [0.25, 0.3) is 11.8 Å². The van der Waals surface area contributed by atoms with Crippen molar-refractivity contribution in [3.05, 3.63) is 48.0 Å². The van der Waals surface area contributed by atoms with Gasteiger partial charge in [-0.2, -0.15) is 0 Å². The zero-order chi connectivity index (χ0) is 20.1. The van der Waals surface area contributed by atoms with Crippen molar-refractivity contribution >= 4 is 28.6 Å². The smallest absolute Gasteiger partial charge is 0.325 e. The molecule has 1 fully saturated rings. The summed E-state index contributed by atoms with van der Waals surface area (Å²) in [6.45, 7) is 3.46. The predicted molar refractivity (Wildman–Crippen MR) is 107 cm³/mol. The fraction of sp³-hybridized carbons (Fsp3) is 0.409. The molecule has 0 aliphatic carbocycles. The van der Waals surface area contributed by atoms with Crippen LogP contribution < -0.4 is 5.32 Å². The van der Waals surface area contributed by atoms with E-state index in [9.17, 15) is 14.4 Å². The Hall–Kier alpha value is -2.89. The van der Waals surface area contributed by atoms with E-state index in [1.54, 1.807) is 17.0 Å². The summed E-state index contributed by atoms with van der Waals surface area (Å²) in [5, 5.41) is 4.54. The minimum atomic E-state index is -0.625. The van der Waals surface area contributed by atoms with E-state index in [-0.39, 0.29) is 37.0 Å². The summed E-state index contributed by atoms with van der Waals surface area (Å²) < 4.78 is 5.07. The molecule has 0 aromatic heterocycles. The van der Waals surface area contributed by atoms with Gasteiger partial charge in [-0.3, -0.25) is 14.4 Å². The molecule has 2 aromatic carbocycles. The van der Waals surface area contributed by atoms with Crippen LogP contribution in [-0.2, 0) is 14.3 Å². The number of nitrogens with one attached hydrogen (secondary N) is 1. The summed E-state index contributed by atoms with van der Waals surface area (Å²) in [6.07, 6.45) is 3.03. The highest BCUT2D eigenvalue weighted by atomic mass is 16.5. The van der Waals surface area contributed by atoms with Crippen LogP contribution in [0, 0.1) is 0 Å². The number of hydrogen-bond acceptors (Lipinski definition) is 4. The standard InChI is InChI=1S/C22H26N2O4/c1-15-6-5-7-16(2)24(15)20(25)14-28-21(26)13-23-22(27)19-11-10-17-8-3-4-9-18(17)12-19/h3-4,8-12,15-16H,5-7,13-14H2,1-2H3,(H,23,27)/t15-,16-/m0/s1. The molecule has 1 N–H and O–H groups in total. The number of benzene rings is 2. The minimum absolute atomic E-state index is 0.155. The second-order valence-electron chi connectivity index (χ2n) is 7.34. The molecule has 148 valence electrons. The summed E-state index contributed by atoms with van der Waals surface area (Å²) in [4.78, 5) is 38.4. The van der Waals surface area contributed by atoms with Crippen LogP contribution in [0.1, 0.15) is 43.5 Å². The molecule has 1 aliphatic heterocycles. The monoisotopic (exact) mass is 382 g/mol. The van der Waals surface area contributed by atoms with Gasteiger partial charge < -0.3 is 15.0 Å². The molecular weight excluding hydrogens is 356 g/mol. The minimum Gasteiger partial charge on any atom is -0.454 e. The Labute approximate surface area is 164 Å². The molecule has 1 aliphatic rings. The fourth-order valence-corrected chi connectivity index (χ4v) is 3.77. The third-order valence-electron chi connectivity index (χ3n) is 5.24. The molecule has 3 rings (SSSR count). The molecule has 28 heavy (non-hydrogen) atoms. The van der Waals surface area contributed by atoms with Crippen molar-refractivity contribution in [2.45, 2.75) is 45.2 Å². The zero-order valence-corrected chi connectivity index (χ0v) is 16.3. The van der Waals surface area contributed by atoms with Gasteiger partial charge in [-0.25, -0.2) is 0 Å². The van der Waals surface area contributed by atoms with Crippen molar-refractivity contribution in [3.8, 4) is 0 Å². The first-order valence-electron chi connectivity index (χ1n) is 9.69. The van der Waals surface area contributed by atoms with E-state index in [0.29, 0.717) is 5.56 Å². The predicted octanol–water partition coefficient (Wildman–Crippen LogP) is 2.90. The van der Waals surface area contributed by atoms with E-state index in [0.717, 1.165) is 30.0 Å². The molecule has 1 heterocycles. The number of ether oxygens (including phenoxy) is 1. The lowest BCUT2D eigenvalue weighted by Gasteiger charge is -2.38. The molecule has 2 atom stereocenters. The highest BCUT2D eigenvalue weighted by Crippen LogP contribution is 2.22. The van der Waals surface area contributed by atoms with Gasteiger partial charge in [0.05, 0.1) is 0 Å². The molecule has 6 heteroatoms. The summed E-state index contributed by atoms with van der Waals surface area (Å²) in [7, 11) is 0. The van der Waals surface area contributed by atoms with Crippen molar-refractivity contribution in [3.63, 3.8) is 0 Å². The Bertz CT molecular complexity index is 870. The number of likely N-dealkylation sites (tertiary alicyclic amines) is 1. The van der Waals surface area contributed by atoms with Gasteiger partial charge in [0.2, 0.25) is 0 Å². The molecule has 0 unspecified atom stereocenters. The fourth-order valence-electron chi connectivity index (χ4n) is 3.77. The molecule has 6 nitrogen and oxygen atoms in total. The molecule has 2 aromatic rings. The largest absolute Gasteiger partial charge is 0.454 e. The van der Waals surface area contributed by atoms with Gasteiger partial charge in [-0.1, -0.05) is 30.3 Å². The van der Waals surface area contributed by atoms with Crippen LogP contribution in [0.15, 0.2) is 42.5 Å². The normalized spacial score (nSPS) is 19.3. The number of piperidine rings is 1. The molecule has 0 radical (unpaired) electrons. The maximum Gasteiger partial charge on any atom is 0.325 e. The Morgan fingerprint density at radius 2 is 1.71 bits per heavy atom. The van der Waals surface area contributed by atoms with E-state index in [1.165, 1.54) is 0 Å². The number of amides is 2. The maximum atomic E-state index is 12.4. The molecule has 2 amide bonds. The maximum absolute atomic E-state index is 12.4. The van der Waals surface area contributed by atoms with Crippen LogP contribution in [0.5, 0.6) is 0 Å². The number of rotatable bonds is 5. The van der Waals surface area contributed by atoms with Gasteiger partial charge in [0, 0.05) is 17.6 Å². The van der Waals surface area contributed by atoms with Crippen LogP contribution >= 0.6 is 0 Å². The zero-order valence-electron chi connectivity index (χ0n) is 16.3. The first-order valence-corrected chi connectivity index (χ1v) is 9.69. The Balaban J connectivity index is 1.48. The molecule has 0 bridgehead atoms. The molecular formula is C22H26N2O4. The van der Waals surface area contributed by atoms with Gasteiger partial charge in [-0.15, -0.1) is 0 Å². The average Bonchev–Trinajstić information content (AvgIpc) is 2.70. The van der Waals surface area contributed by atoms with E-state index < -0.39 is 5.97 Å². The molecule has 0 spiro atoms. The number of nitrogens with zero attached hydrogens (tertiary/aromatic N) is 1. The van der Waals surface area contributed by atoms with Crippen molar-refractivity contribution in [2.75, 3.05) is 13.2 Å². The number of carbonyl (C=O) groups is 3. The number of fused-ring (bicyclic) bond motifs is 1.